The third-order valence-electron chi connectivity index (χ3n) is 17.8. The quantitative estimate of drug-likeness (QED) is 0.116. The molecule has 14 aromatic carbocycles. The summed E-state index contributed by atoms with van der Waals surface area (Å²) in [5.74, 6) is 2.35. The maximum Gasteiger partial charge on any atom is 0.231 e. The largest absolute Gasteiger partial charge is 0.507 e. The van der Waals surface area contributed by atoms with E-state index in [2.05, 4.69) is 72.8 Å². The maximum absolute atomic E-state index is 11.9. The second-order valence-electron chi connectivity index (χ2n) is 23.3. The first kappa shape index (κ1) is 55.3. The second kappa shape index (κ2) is 22.6. The summed E-state index contributed by atoms with van der Waals surface area (Å²) in [4.78, 5) is 19.4. The molecule has 12 heteroatoms. The Kier molecular flexibility index (Phi) is 13.3. The highest BCUT2D eigenvalue weighted by Crippen LogP contribution is 2.56. The highest BCUT2D eigenvalue weighted by atomic mass is 16.7. The van der Waals surface area contributed by atoms with Crippen LogP contribution in [0, 0.1) is 0 Å². The van der Waals surface area contributed by atoms with Crippen molar-refractivity contribution in [2.24, 2.45) is 20.0 Å². The summed E-state index contributed by atoms with van der Waals surface area (Å²) < 4.78 is 26.9. The van der Waals surface area contributed by atoms with Gasteiger partial charge in [0.1, 0.15) is 46.0 Å². The average molecular weight is 1220 g/mol. The summed E-state index contributed by atoms with van der Waals surface area (Å²) in [6.45, 7) is -0.261. The van der Waals surface area contributed by atoms with Crippen LogP contribution >= 0.6 is 0 Å². The Bertz CT molecular complexity index is 4960. The van der Waals surface area contributed by atoms with E-state index in [1.165, 1.54) is 0 Å². The van der Waals surface area contributed by atoms with Gasteiger partial charge in [-0.25, -0.2) is 0 Å². The van der Waals surface area contributed by atoms with Gasteiger partial charge in [0.15, 0.2) is 0 Å². The van der Waals surface area contributed by atoms with Crippen molar-refractivity contribution in [3.05, 3.63) is 265 Å². The molecule has 0 atom stereocenters. The van der Waals surface area contributed by atoms with E-state index in [-0.39, 0.29) is 36.6 Å². The van der Waals surface area contributed by atoms with Gasteiger partial charge in [-0.15, -0.1) is 0 Å². The average Bonchev–Trinajstić information content (AvgIpc) is 1.24. The summed E-state index contributed by atoms with van der Waals surface area (Å²) in [6, 6.07) is 77.8. The van der Waals surface area contributed by atoms with Gasteiger partial charge in [0.05, 0.1) is 22.7 Å². The Hall–Kier alpha value is -12.8. The van der Waals surface area contributed by atoms with Gasteiger partial charge < -0.3 is 39.4 Å². The lowest BCUT2D eigenvalue weighted by Gasteiger charge is -2.19. The van der Waals surface area contributed by atoms with E-state index in [4.69, 9.17) is 38.9 Å². The van der Waals surface area contributed by atoms with Crippen LogP contribution in [0.2, 0.25) is 0 Å². The lowest BCUT2D eigenvalue weighted by atomic mass is 9.86. The van der Waals surface area contributed by atoms with Gasteiger partial charge in [-0.2, -0.15) is 0 Å². The Labute approximate surface area is 538 Å². The van der Waals surface area contributed by atoms with E-state index in [0.717, 1.165) is 87.6 Å². The van der Waals surface area contributed by atoms with E-state index >= 15 is 0 Å². The smallest absolute Gasteiger partial charge is 0.231 e. The zero-order chi connectivity index (χ0) is 63.0. The van der Waals surface area contributed by atoms with Crippen molar-refractivity contribution in [3.8, 4) is 113 Å². The first-order valence-corrected chi connectivity index (χ1v) is 30.7. The lowest BCUT2D eigenvalue weighted by Crippen LogP contribution is -2.05. The van der Waals surface area contributed by atoms with Crippen LogP contribution in [-0.4, -0.2) is 58.9 Å². The number of aliphatic imine (C=N–C) groups is 4. The minimum Gasteiger partial charge on any atom is -0.507 e. The molecule has 0 aliphatic carbocycles. The van der Waals surface area contributed by atoms with Crippen LogP contribution in [-0.2, 0) is 0 Å². The van der Waals surface area contributed by atoms with Crippen LogP contribution in [0.1, 0.15) is 22.3 Å². The number of rotatable bonds is 0. The standard InChI is InChI=1S/C82H52N4O8/c87-71-37-51-25-29-55(71)41-83-67-21-9-10-22-68(67)85-43-57-31-27-53(39-73(57)89)65-35-49-15-3-7-19-61(49)77-78-62-20-8-4-16-50(62)36-66(82(78)94-46-93-81(65)77)54-28-32-58(74(90)40-54)44-86-70-24-12-11-23-69(70)84-42-56-30-26-52(38-72(56)88)64-34-48-14-2-6-18-60(48)76-75-59-17-5-1-13-47(59)33-63(51)79(75)91-45-92-80(64)76/h1-44,87-90H,45-46H2. The molecule has 94 heavy (non-hydrogen) atoms. The molecule has 12 heterocycles. The number of para-hydroxylation sites is 4. The Morgan fingerprint density at radius 3 is 0.702 bits per heavy atom. The van der Waals surface area contributed by atoms with Gasteiger partial charge in [0, 0.05) is 91.6 Å². The number of hydrogen-bond donors (Lipinski definition) is 4. The van der Waals surface area contributed by atoms with Crippen molar-refractivity contribution in [2.45, 2.75) is 0 Å². The van der Waals surface area contributed by atoms with Crippen LogP contribution in [0.25, 0.3) is 110 Å². The van der Waals surface area contributed by atoms with Gasteiger partial charge in [-0.3, -0.25) is 20.0 Å². The van der Waals surface area contributed by atoms with Gasteiger partial charge in [0.25, 0.3) is 0 Å². The molecular formula is C82H52N4O8. The molecule has 0 saturated heterocycles. The van der Waals surface area contributed by atoms with E-state index in [1.807, 2.05) is 146 Å². The fraction of sp³-hybridized carbons (Fsp3) is 0.0244. The third-order valence-corrected chi connectivity index (χ3v) is 17.8. The number of nitrogens with zero attached hydrogens (tertiary/aromatic N) is 4. The number of benzene rings is 14. The van der Waals surface area contributed by atoms with Gasteiger partial charge in [0.2, 0.25) is 13.6 Å². The van der Waals surface area contributed by atoms with Gasteiger partial charge >= 0.3 is 0 Å². The number of fused-ring (bicyclic) bond motifs is 4. The van der Waals surface area contributed by atoms with Crippen LogP contribution in [0.15, 0.2) is 263 Å². The number of phenolic OH excluding ortho intramolecular Hbond substituents is 4. The van der Waals surface area contributed by atoms with E-state index < -0.39 is 0 Å². The fourth-order valence-electron chi connectivity index (χ4n) is 13.3. The fourth-order valence-corrected chi connectivity index (χ4v) is 13.3. The monoisotopic (exact) mass is 1220 g/mol. The molecule has 12 aliphatic rings. The van der Waals surface area contributed by atoms with Crippen molar-refractivity contribution in [1.29, 1.82) is 0 Å². The topological polar surface area (TPSA) is 167 Å². The lowest BCUT2D eigenvalue weighted by molar-refractivity contribution is 0.126. The molecule has 0 unspecified atom stereocenters. The van der Waals surface area contributed by atoms with Crippen molar-refractivity contribution in [3.63, 3.8) is 0 Å². The number of phenols is 4. The van der Waals surface area contributed by atoms with Crippen LogP contribution in [0.4, 0.5) is 22.7 Å². The molecular weight excluding hydrogens is 1170 g/mol. The van der Waals surface area contributed by atoms with E-state index in [1.54, 1.807) is 49.1 Å². The highest BCUT2D eigenvalue weighted by Gasteiger charge is 2.31. The Morgan fingerprint density at radius 1 is 0.245 bits per heavy atom. The first-order chi connectivity index (χ1) is 46.2. The predicted octanol–water partition coefficient (Wildman–Crippen LogP) is 19.9. The summed E-state index contributed by atoms with van der Waals surface area (Å²) in [7, 11) is 0. The minimum atomic E-state index is -0.130. The molecule has 0 amide bonds. The molecule has 20 bridgehead atoms. The van der Waals surface area contributed by atoms with Crippen LogP contribution in [0.3, 0.4) is 0 Å². The molecule has 14 aromatic rings. The normalized spacial score (nSPS) is 12.9. The van der Waals surface area contributed by atoms with Gasteiger partial charge in [-0.1, -0.05) is 146 Å². The van der Waals surface area contributed by atoms with Crippen molar-refractivity contribution < 1.29 is 39.4 Å². The Balaban J connectivity index is 0.828. The minimum absolute atomic E-state index is 0.00245. The van der Waals surface area contributed by atoms with Crippen LogP contribution < -0.4 is 18.9 Å². The summed E-state index contributed by atoms with van der Waals surface area (Å²) in [5, 5.41) is 55.1. The molecule has 0 radical (unpaired) electrons. The highest BCUT2D eigenvalue weighted by molar-refractivity contribution is 6.17. The molecule has 12 nitrogen and oxygen atoms in total. The SMILES string of the molecule is Oc1cc2ccc1C=Nc1ccccc1N=Cc1ccc(cc1O)-c1cc3ccccc3c3c1OCOc1c(cc4ccccc4c1-3)-c1ccc(c(O)c1)C=Nc1ccccc1N=Cc1ccc(cc1O)-c1cc3ccccc3c3c1OCOc1c-2cc2ccccc2c1-3. The second-order valence-corrected chi connectivity index (χ2v) is 23.3. The molecule has 26 rings (SSSR count). The molecule has 0 spiro atoms. The predicted molar refractivity (Wildman–Crippen MR) is 376 cm³/mol. The molecule has 0 saturated carbocycles. The van der Waals surface area contributed by atoms with Crippen molar-refractivity contribution in [2.75, 3.05) is 13.6 Å². The number of aromatic hydroxyl groups is 4. The summed E-state index contributed by atoms with van der Waals surface area (Å²) in [6.07, 6.45) is 6.46. The number of ether oxygens (including phenoxy) is 4. The van der Waals surface area contributed by atoms with E-state index in [9.17, 15) is 20.4 Å². The van der Waals surface area contributed by atoms with Crippen molar-refractivity contribution in [1.82, 2.24) is 0 Å². The Morgan fingerprint density at radius 2 is 0.468 bits per heavy atom. The summed E-state index contributed by atoms with van der Waals surface area (Å²) in [5.41, 5.74) is 13.2. The van der Waals surface area contributed by atoms with E-state index in [0.29, 0.717) is 90.3 Å². The number of hydrogen-bond acceptors (Lipinski definition) is 12. The molecule has 12 aliphatic heterocycles. The molecule has 0 fully saturated rings. The summed E-state index contributed by atoms with van der Waals surface area (Å²) >= 11 is 0. The van der Waals surface area contributed by atoms with Crippen molar-refractivity contribution >= 4 is 90.7 Å². The maximum atomic E-state index is 11.9. The third kappa shape index (κ3) is 9.55. The van der Waals surface area contributed by atoms with Gasteiger partial charge in [-0.05, 0) is 162 Å². The zero-order valence-electron chi connectivity index (χ0n) is 50.0. The zero-order valence-corrected chi connectivity index (χ0v) is 50.0. The molecule has 0 aromatic heterocycles. The molecule has 4 N–H and O–H groups in total. The first-order valence-electron chi connectivity index (χ1n) is 30.7. The molecule has 448 valence electrons. The van der Waals surface area contributed by atoms with Crippen LogP contribution in [0.5, 0.6) is 46.0 Å².